The van der Waals surface area contributed by atoms with E-state index in [0.29, 0.717) is 12.1 Å². The Labute approximate surface area is 160 Å². The fourth-order valence-corrected chi connectivity index (χ4v) is 4.09. The van der Waals surface area contributed by atoms with E-state index in [1.807, 2.05) is 31.2 Å². The van der Waals surface area contributed by atoms with Crippen molar-refractivity contribution < 1.29 is 8.42 Å². The molecule has 0 saturated carbocycles. The fourth-order valence-electron chi connectivity index (χ4n) is 2.75. The molecule has 1 heterocycles. The van der Waals surface area contributed by atoms with Crippen LogP contribution in [-0.4, -0.2) is 13.4 Å². The predicted molar refractivity (Wildman–Crippen MR) is 109 cm³/mol. The number of nitrogens with one attached hydrogen (secondary N) is 2. The number of hydrogen-bond acceptors (Lipinski definition) is 4. The van der Waals surface area contributed by atoms with Crippen LogP contribution in [-0.2, 0) is 16.6 Å². The van der Waals surface area contributed by atoms with E-state index in [0.717, 1.165) is 11.3 Å². The molecular weight excluding hydrogens is 358 g/mol. The molecule has 6 heteroatoms. The first-order chi connectivity index (χ1) is 12.8. The number of sulfonamides is 1. The summed E-state index contributed by atoms with van der Waals surface area (Å²) < 4.78 is 27.8. The second-order valence-electron chi connectivity index (χ2n) is 6.59. The number of anilines is 2. The summed E-state index contributed by atoms with van der Waals surface area (Å²) in [6.07, 6.45) is 1.62. The van der Waals surface area contributed by atoms with Gasteiger partial charge in [-0.3, -0.25) is 4.72 Å². The largest absolute Gasteiger partial charge is 0.380 e. The van der Waals surface area contributed by atoms with Crippen molar-refractivity contribution in [3.63, 3.8) is 0 Å². The second-order valence-corrected chi connectivity index (χ2v) is 8.24. The van der Waals surface area contributed by atoms with Gasteiger partial charge in [-0.1, -0.05) is 36.4 Å². The average Bonchev–Trinajstić information content (AvgIpc) is 2.64. The number of nitrogens with zero attached hydrogens (tertiary/aromatic N) is 1. The maximum atomic E-state index is 12.6. The highest BCUT2D eigenvalue weighted by molar-refractivity contribution is 7.92. The Morgan fingerprint density at radius 3 is 2.41 bits per heavy atom. The van der Waals surface area contributed by atoms with Crippen LogP contribution in [0.3, 0.4) is 0 Å². The molecule has 0 saturated heterocycles. The molecular formula is C21H23N3O2S. The molecule has 0 aliphatic heterocycles. The summed E-state index contributed by atoms with van der Waals surface area (Å²) in [6, 6.07) is 17.0. The third kappa shape index (κ3) is 4.65. The van der Waals surface area contributed by atoms with E-state index >= 15 is 0 Å². The van der Waals surface area contributed by atoms with Crippen LogP contribution < -0.4 is 10.0 Å². The number of aryl methyl sites for hydroxylation is 3. The van der Waals surface area contributed by atoms with Crippen molar-refractivity contribution in [2.24, 2.45) is 0 Å². The monoisotopic (exact) mass is 381 g/mol. The van der Waals surface area contributed by atoms with Gasteiger partial charge in [0.15, 0.2) is 0 Å². The van der Waals surface area contributed by atoms with Crippen molar-refractivity contribution >= 4 is 21.5 Å². The number of rotatable bonds is 6. The molecule has 1 aromatic heterocycles. The number of hydrogen-bond donors (Lipinski definition) is 2. The van der Waals surface area contributed by atoms with Crippen molar-refractivity contribution in [1.82, 2.24) is 4.98 Å². The minimum absolute atomic E-state index is 0.269. The quantitative estimate of drug-likeness (QED) is 0.663. The van der Waals surface area contributed by atoms with Gasteiger partial charge in [0.05, 0.1) is 16.8 Å². The summed E-state index contributed by atoms with van der Waals surface area (Å²) in [5, 5.41) is 3.30. The third-order valence-electron chi connectivity index (χ3n) is 4.38. The Morgan fingerprint density at radius 1 is 0.926 bits per heavy atom. The minimum Gasteiger partial charge on any atom is -0.380 e. The van der Waals surface area contributed by atoms with E-state index in [9.17, 15) is 8.42 Å². The molecule has 0 amide bonds. The van der Waals surface area contributed by atoms with Gasteiger partial charge >= 0.3 is 0 Å². The van der Waals surface area contributed by atoms with E-state index in [1.54, 1.807) is 31.3 Å². The SMILES string of the molecule is Cc1ccc(C)c(S(=O)(=O)Nc2ccc(NCc3ccccc3C)cn2)c1. The smallest absolute Gasteiger partial charge is 0.263 e. The molecule has 0 bridgehead atoms. The molecule has 3 rings (SSSR count). The summed E-state index contributed by atoms with van der Waals surface area (Å²) in [7, 11) is -3.67. The van der Waals surface area contributed by atoms with Crippen LogP contribution in [0.15, 0.2) is 65.7 Å². The van der Waals surface area contributed by atoms with Gasteiger partial charge < -0.3 is 5.32 Å². The van der Waals surface area contributed by atoms with Gasteiger partial charge in [-0.05, 0) is 61.2 Å². The Hall–Kier alpha value is -2.86. The summed E-state index contributed by atoms with van der Waals surface area (Å²) in [5.74, 6) is 0.289. The predicted octanol–water partition coefficient (Wildman–Crippen LogP) is 4.42. The van der Waals surface area contributed by atoms with Crippen LogP contribution in [0.2, 0.25) is 0 Å². The van der Waals surface area contributed by atoms with Gasteiger partial charge in [0.25, 0.3) is 10.0 Å². The molecule has 27 heavy (non-hydrogen) atoms. The van der Waals surface area contributed by atoms with E-state index < -0.39 is 10.0 Å². The molecule has 0 radical (unpaired) electrons. The van der Waals surface area contributed by atoms with Gasteiger partial charge in [0.1, 0.15) is 5.82 Å². The molecule has 0 unspecified atom stereocenters. The van der Waals surface area contributed by atoms with Crippen molar-refractivity contribution in [2.45, 2.75) is 32.2 Å². The first-order valence-electron chi connectivity index (χ1n) is 8.70. The molecule has 0 aliphatic rings. The number of benzene rings is 2. The van der Waals surface area contributed by atoms with Crippen LogP contribution in [0.4, 0.5) is 11.5 Å². The zero-order valence-electron chi connectivity index (χ0n) is 15.7. The highest BCUT2D eigenvalue weighted by atomic mass is 32.2. The number of pyridine rings is 1. The molecule has 0 aliphatic carbocycles. The normalized spacial score (nSPS) is 11.2. The van der Waals surface area contributed by atoms with E-state index in [4.69, 9.17) is 0 Å². The molecule has 0 spiro atoms. The lowest BCUT2D eigenvalue weighted by Crippen LogP contribution is -2.15. The van der Waals surface area contributed by atoms with Gasteiger partial charge in [-0.15, -0.1) is 0 Å². The third-order valence-corrected chi connectivity index (χ3v) is 5.88. The summed E-state index contributed by atoms with van der Waals surface area (Å²) in [4.78, 5) is 4.49. The van der Waals surface area contributed by atoms with Crippen LogP contribution in [0, 0.1) is 20.8 Å². The van der Waals surface area contributed by atoms with E-state index in [2.05, 4.69) is 34.1 Å². The molecule has 3 aromatic rings. The molecule has 0 fully saturated rings. The Bertz CT molecular complexity index is 1050. The Balaban J connectivity index is 1.70. The average molecular weight is 382 g/mol. The molecule has 5 nitrogen and oxygen atoms in total. The van der Waals surface area contributed by atoms with Gasteiger partial charge in [-0.25, -0.2) is 13.4 Å². The van der Waals surface area contributed by atoms with Crippen molar-refractivity contribution in [3.8, 4) is 0 Å². The Kier molecular flexibility index (Phi) is 5.46. The second kappa shape index (κ2) is 7.80. The zero-order chi connectivity index (χ0) is 19.4. The lowest BCUT2D eigenvalue weighted by Gasteiger charge is -2.12. The highest BCUT2D eigenvalue weighted by Crippen LogP contribution is 2.20. The summed E-state index contributed by atoms with van der Waals surface area (Å²) in [5.41, 5.74) is 4.84. The minimum atomic E-state index is -3.67. The van der Waals surface area contributed by atoms with Crippen LogP contribution >= 0.6 is 0 Å². The van der Waals surface area contributed by atoms with E-state index in [1.165, 1.54) is 11.1 Å². The molecule has 140 valence electrons. The van der Waals surface area contributed by atoms with Crippen molar-refractivity contribution in [3.05, 3.63) is 83.0 Å². The zero-order valence-corrected chi connectivity index (χ0v) is 16.5. The summed E-state index contributed by atoms with van der Waals surface area (Å²) >= 11 is 0. The van der Waals surface area contributed by atoms with Gasteiger partial charge in [0, 0.05) is 6.54 Å². The van der Waals surface area contributed by atoms with Gasteiger partial charge in [-0.2, -0.15) is 0 Å². The Morgan fingerprint density at radius 2 is 1.70 bits per heavy atom. The lowest BCUT2D eigenvalue weighted by molar-refractivity contribution is 0.600. The maximum Gasteiger partial charge on any atom is 0.263 e. The van der Waals surface area contributed by atoms with Crippen LogP contribution in [0.1, 0.15) is 22.3 Å². The molecule has 2 N–H and O–H groups in total. The van der Waals surface area contributed by atoms with Crippen LogP contribution in [0.5, 0.6) is 0 Å². The van der Waals surface area contributed by atoms with E-state index in [-0.39, 0.29) is 10.7 Å². The molecule has 0 atom stereocenters. The van der Waals surface area contributed by atoms with Crippen molar-refractivity contribution in [1.29, 1.82) is 0 Å². The van der Waals surface area contributed by atoms with Gasteiger partial charge in [0.2, 0.25) is 0 Å². The summed E-state index contributed by atoms with van der Waals surface area (Å²) in [6.45, 7) is 6.40. The molecule has 2 aromatic carbocycles. The fraction of sp³-hybridized carbons (Fsp3) is 0.190. The topological polar surface area (TPSA) is 71.1 Å². The first kappa shape index (κ1) is 18.9. The number of aromatic nitrogens is 1. The lowest BCUT2D eigenvalue weighted by atomic mass is 10.1. The first-order valence-corrected chi connectivity index (χ1v) is 10.2. The standard InChI is InChI=1S/C21H23N3O2S/c1-15-8-9-17(3)20(12-15)27(25,26)24-21-11-10-19(14-23-21)22-13-18-7-5-4-6-16(18)2/h4-12,14,22H,13H2,1-3H3,(H,23,24). The van der Waals surface area contributed by atoms with Crippen LogP contribution in [0.25, 0.3) is 0 Å². The highest BCUT2D eigenvalue weighted by Gasteiger charge is 2.17. The van der Waals surface area contributed by atoms with Crippen molar-refractivity contribution in [2.75, 3.05) is 10.0 Å². The maximum absolute atomic E-state index is 12.6.